The fraction of sp³-hybridized carbons (Fsp3) is 0.579. The van der Waals surface area contributed by atoms with E-state index in [2.05, 4.69) is 10.1 Å². The lowest BCUT2D eigenvalue weighted by atomic mass is 9.75. The van der Waals surface area contributed by atoms with Crippen LogP contribution in [0.15, 0.2) is 12.1 Å². The van der Waals surface area contributed by atoms with Crippen LogP contribution < -0.4 is 5.73 Å². The number of hydrogen-bond acceptors (Lipinski definition) is 4. The smallest absolute Gasteiger partial charge is 0.327 e. The van der Waals surface area contributed by atoms with Crippen LogP contribution in [0.5, 0.6) is 0 Å². The second kappa shape index (κ2) is 7.84. The first-order valence-corrected chi connectivity index (χ1v) is 9.75. The van der Waals surface area contributed by atoms with Crippen LogP contribution in [-0.2, 0) is 19.3 Å². The van der Waals surface area contributed by atoms with Gasteiger partial charge in [-0.05, 0) is 36.8 Å². The Morgan fingerprint density at radius 2 is 1.77 bits per heavy atom. The van der Waals surface area contributed by atoms with Crippen LogP contribution in [0.4, 0.5) is 26.3 Å². The third kappa shape index (κ3) is 4.18. The van der Waals surface area contributed by atoms with E-state index in [1.54, 1.807) is 0 Å². The number of nitrogens with zero attached hydrogens (tertiary/aromatic N) is 4. The zero-order chi connectivity index (χ0) is 21.6. The molecule has 5 nitrogen and oxygen atoms in total. The van der Waals surface area contributed by atoms with E-state index >= 15 is 0 Å². The molecule has 1 aromatic carbocycles. The molecule has 2 N–H and O–H groups in total. The van der Waals surface area contributed by atoms with E-state index in [0.717, 1.165) is 6.07 Å². The highest BCUT2D eigenvalue weighted by Gasteiger charge is 2.38. The molecule has 1 fully saturated rings. The molecular weight excluding hydrogens is 412 g/mol. The summed E-state index contributed by atoms with van der Waals surface area (Å²) in [5.41, 5.74) is 6.33. The lowest BCUT2D eigenvalue weighted by Crippen LogP contribution is -2.42. The van der Waals surface area contributed by atoms with Crippen molar-refractivity contribution in [2.45, 2.75) is 50.5 Å². The Balaban J connectivity index is 1.38. The van der Waals surface area contributed by atoms with E-state index in [4.69, 9.17) is 5.73 Å². The first kappa shape index (κ1) is 21.1. The number of fused-ring (bicyclic) bond motifs is 1. The number of rotatable bonds is 3. The molecule has 2 heterocycles. The monoisotopic (exact) mass is 433 g/mol. The highest BCUT2D eigenvalue weighted by atomic mass is 19.4. The summed E-state index contributed by atoms with van der Waals surface area (Å²) in [6.07, 6.45) is -2.79. The Hall–Kier alpha value is -2.14. The highest BCUT2D eigenvalue weighted by Crippen LogP contribution is 2.37. The molecule has 0 saturated heterocycles. The molecule has 1 aliphatic heterocycles. The van der Waals surface area contributed by atoms with Gasteiger partial charge in [0.15, 0.2) is 11.6 Å². The zero-order valence-corrected chi connectivity index (χ0v) is 16.0. The van der Waals surface area contributed by atoms with E-state index in [9.17, 15) is 26.3 Å². The minimum atomic E-state index is -4.57. The largest absolute Gasteiger partial charge is 0.453 e. The number of nitrogens with two attached hydrogens (primary N) is 1. The number of benzene rings is 1. The Bertz CT molecular complexity index is 927. The van der Waals surface area contributed by atoms with Gasteiger partial charge in [0.2, 0.25) is 0 Å². The quantitative estimate of drug-likeness (QED) is 0.595. The first-order valence-electron chi connectivity index (χ1n) is 9.75. The van der Waals surface area contributed by atoms with Gasteiger partial charge in [-0.3, -0.25) is 4.90 Å². The average Bonchev–Trinajstić information content (AvgIpc) is 3.09. The summed E-state index contributed by atoms with van der Waals surface area (Å²) in [7, 11) is 0. The predicted molar refractivity (Wildman–Crippen MR) is 94.7 cm³/mol. The molecule has 3 atom stereocenters. The van der Waals surface area contributed by atoms with Crippen molar-refractivity contribution in [1.82, 2.24) is 19.7 Å². The van der Waals surface area contributed by atoms with E-state index in [-0.39, 0.29) is 23.9 Å². The fourth-order valence-corrected chi connectivity index (χ4v) is 4.50. The van der Waals surface area contributed by atoms with E-state index in [1.807, 2.05) is 4.90 Å². The van der Waals surface area contributed by atoms with Crippen LogP contribution in [0.25, 0.3) is 0 Å². The molecule has 11 heteroatoms. The highest BCUT2D eigenvalue weighted by molar-refractivity contribution is 5.26. The molecule has 2 aromatic rings. The van der Waals surface area contributed by atoms with Gasteiger partial charge in [0.05, 0.1) is 13.1 Å². The van der Waals surface area contributed by atoms with E-state index in [0.29, 0.717) is 45.0 Å². The van der Waals surface area contributed by atoms with E-state index in [1.165, 1.54) is 4.68 Å². The lowest BCUT2D eigenvalue weighted by Gasteiger charge is -2.37. The van der Waals surface area contributed by atoms with Crippen LogP contribution in [0, 0.1) is 23.4 Å². The van der Waals surface area contributed by atoms with Gasteiger partial charge in [-0.15, -0.1) is 5.10 Å². The van der Waals surface area contributed by atoms with Gasteiger partial charge in [0.25, 0.3) is 5.82 Å². The summed E-state index contributed by atoms with van der Waals surface area (Å²) < 4.78 is 80.6. The number of halogens is 6. The van der Waals surface area contributed by atoms with Crippen LogP contribution in [0.1, 0.15) is 42.4 Å². The summed E-state index contributed by atoms with van der Waals surface area (Å²) in [5.74, 6) is -4.23. The molecular formula is C19H21F6N5. The number of alkyl halides is 3. The Kier molecular flexibility index (Phi) is 5.52. The molecule has 1 saturated carbocycles. The fourth-order valence-electron chi connectivity index (χ4n) is 4.50. The molecule has 0 bridgehead atoms. The molecule has 1 aliphatic carbocycles. The number of aromatic nitrogens is 3. The minimum Gasteiger partial charge on any atom is -0.327 e. The molecule has 0 amide bonds. The van der Waals surface area contributed by atoms with Crippen molar-refractivity contribution >= 4 is 0 Å². The third-order valence-electron chi connectivity index (χ3n) is 5.96. The van der Waals surface area contributed by atoms with Crippen molar-refractivity contribution in [2.24, 2.45) is 11.7 Å². The Labute approximate surface area is 168 Å². The van der Waals surface area contributed by atoms with Gasteiger partial charge in [0.1, 0.15) is 11.6 Å². The van der Waals surface area contributed by atoms with Gasteiger partial charge >= 0.3 is 6.18 Å². The van der Waals surface area contributed by atoms with Crippen molar-refractivity contribution in [3.05, 3.63) is 46.8 Å². The Morgan fingerprint density at radius 3 is 2.47 bits per heavy atom. The standard InChI is InChI=1S/C19H21F6N5/c20-13-7-15(22)14(21)6-12(13)11-2-1-10(5-16(11)26)8-29-3-4-30-17(9-29)27-18(28-30)19(23,24)25/h6-7,10-11,16H,1-5,8-9,26H2. The summed E-state index contributed by atoms with van der Waals surface area (Å²) >= 11 is 0. The van der Waals surface area contributed by atoms with Crippen LogP contribution in [0.2, 0.25) is 0 Å². The molecule has 164 valence electrons. The predicted octanol–water partition coefficient (Wildman–Crippen LogP) is 3.44. The SMILES string of the molecule is NC1CC(CN2CCn3nc(C(F)(F)F)nc3C2)CCC1c1cc(F)c(F)cc1F. The van der Waals surface area contributed by atoms with Crippen molar-refractivity contribution in [3.63, 3.8) is 0 Å². The van der Waals surface area contributed by atoms with Crippen molar-refractivity contribution in [2.75, 3.05) is 13.1 Å². The van der Waals surface area contributed by atoms with E-state index < -0.39 is 41.4 Å². The summed E-state index contributed by atoms with van der Waals surface area (Å²) in [6.45, 7) is 1.74. The molecule has 30 heavy (non-hydrogen) atoms. The lowest BCUT2D eigenvalue weighted by molar-refractivity contribution is -0.145. The molecule has 1 aromatic heterocycles. The second-order valence-electron chi connectivity index (χ2n) is 8.04. The number of hydrogen-bond donors (Lipinski definition) is 1. The van der Waals surface area contributed by atoms with Gasteiger partial charge in [-0.25, -0.2) is 22.8 Å². The summed E-state index contributed by atoms with van der Waals surface area (Å²) in [4.78, 5) is 5.62. The summed E-state index contributed by atoms with van der Waals surface area (Å²) in [5, 5.41) is 3.52. The Morgan fingerprint density at radius 1 is 1.03 bits per heavy atom. The topological polar surface area (TPSA) is 60.0 Å². The first-order chi connectivity index (χ1) is 14.1. The van der Waals surface area contributed by atoms with Crippen molar-refractivity contribution < 1.29 is 26.3 Å². The molecule has 2 aliphatic rings. The average molecular weight is 433 g/mol. The van der Waals surface area contributed by atoms with Crippen LogP contribution >= 0.6 is 0 Å². The van der Waals surface area contributed by atoms with Crippen molar-refractivity contribution in [3.8, 4) is 0 Å². The minimum absolute atomic E-state index is 0.0885. The molecule has 0 spiro atoms. The normalized spacial score (nSPS) is 25.4. The van der Waals surface area contributed by atoms with Crippen LogP contribution in [-0.4, -0.2) is 38.8 Å². The summed E-state index contributed by atoms with van der Waals surface area (Å²) in [6, 6.07) is 1.00. The van der Waals surface area contributed by atoms with Gasteiger partial charge in [0, 0.05) is 31.1 Å². The van der Waals surface area contributed by atoms with Crippen molar-refractivity contribution in [1.29, 1.82) is 0 Å². The maximum atomic E-state index is 14.1. The third-order valence-corrected chi connectivity index (χ3v) is 5.96. The molecule has 0 radical (unpaired) electrons. The second-order valence-corrected chi connectivity index (χ2v) is 8.04. The zero-order valence-electron chi connectivity index (χ0n) is 16.0. The molecule has 3 unspecified atom stereocenters. The van der Waals surface area contributed by atoms with Gasteiger partial charge in [-0.1, -0.05) is 0 Å². The van der Waals surface area contributed by atoms with Crippen LogP contribution in [0.3, 0.4) is 0 Å². The maximum Gasteiger partial charge on any atom is 0.453 e. The maximum absolute atomic E-state index is 14.1. The molecule has 4 rings (SSSR count). The van der Waals surface area contributed by atoms with Gasteiger partial charge in [-0.2, -0.15) is 13.2 Å². The van der Waals surface area contributed by atoms with Gasteiger partial charge < -0.3 is 5.73 Å².